The minimum absolute atomic E-state index is 0.0198. The molecule has 1 N–H and O–H groups in total. The van der Waals surface area contributed by atoms with Gasteiger partial charge in [-0.2, -0.15) is 0 Å². The van der Waals surface area contributed by atoms with Crippen LogP contribution in [0.5, 0.6) is 5.75 Å². The fourth-order valence-corrected chi connectivity index (χ4v) is 5.81. The van der Waals surface area contributed by atoms with Crippen LogP contribution in [0.15, 0.2) is 66.3 Å². The summed E-state index contributed by atoms with van der Waals surface area (Å²) in [5.41, 5.74) is 2.46. The third-order valence-corrected chi connectivity index (χ3v) is 9.34. The van der Waals surface area contributed by atoms with Crippen LogP contribution in [0.3, 0.4) is 0 Å². The monoisotopic (exact) mass is 644 g/mol. The molecule has 0 fully saturated rings. The number of aromatic nitrogens is 3. The van der Waals surface area contributed by atoms with E-state index in [1.165, 1.54) is 35.9 Å². The van der Waals surface area contributed by atoms with Gasteiger partial charge in [-0.05, 0) is 42.0 Å². The predicted octanol–water partition coefficient (Wildman–Crippen LogP) is 7.00. The maximum atomic E-state index is 15.1. The van der Waals surface area contributed by atoms with Crippen LogP contribution in [0.25, 0.3) is 22.2 Å². The summed E-state index contributed by atoms with van der Waals surface area (Å²) < 4.78 is 63.0. The van der Waals surface area contributed by atoms with Gasteiger partial charge in [0.1, 0.15) is 36.1 Å². The fraction of sp³-hybridized carbons (Fsp3) is 0.233. The highest BCUT2D eigenvalue weighted by atomic mass is 35.5. The van der Waals surface area contributed by atoms with Gasteiger partial charge in [0.15, 0.2) is 9.84 Å². The van der Waals surface area contributed by atoms with Crippen molar-refractivity contribution in [3.05, 3.63) is 93.5 Å². The number of halogens is 3. The second-order valence-corrected chi connectivity index (χ2v) is 13.3. The number of nitrogens with one attached hydrogen (secondary N) is 1. The molecule has 0 atom stereocenters. The first-order valence-electron chi connectivity index (χ1n) is 13.3. The molecule has 5 rings (SSSR count). The summed E-state index contributed by atoms with van der Waals surface area (Å²) in [6.45, 7) is 2.19. The number of fused-ring (bicyclic) bond motifs is 1. The summed E-state index contributed by atoms with van der Waals surface area (Å²) in [6.07, 6.45) is 1.82. The highest BCUT2D eigenvalue weighted by Gasteiger charge is 2.15. The van der Waals surface area contributed by atoms with E-state index in [9.17, 15) is 12.8 Å². The quantitative estimate of drug-likeness (QED) is 0.137. The molecule has 0 spiro atoms. The highest BCUT2D eigenvalue weighted by molar-refractivity contribution is 7.91. The Kier molecular flexibility index (Phi) is 9.81. The lowest BCUT2D eigenvalue weighted by Gasteiger charge is -2.12. The molecule has 0 saturated carbocycles. The van der Waals surface area contributed by atoms with E-state index in [1.54, 1.807) is 48.7 Å². The lowest BCUT2D eigenvalue weighted by atomic mass is 10.1. The van der Waals surface area contributed by atoms with Gasteiger partial charge in [0.2, 0.25) is 0 Å². The first-order chi connectivity index (χ1) is 20.7. The summed E-state index contributed by atoms with van der Waals surface area (Å²) >= 11 is 7.83. The molecule has 8 nitrogen and oxygen atoms in total. The van der Waals surface area contributed by atoms with Crippen molar-refractivity contribution in [2.24, 2.45) is 0 Å². The van der Waals surface area contributed by atoms with Crippen LogP contribution in [0.2, 0.25) is 5.02 Å². The Labute approximate surface area is 256 Å². The number of anilines is 2. The Morgan fingerprint density at radius 2 is 1.91 bits per heavy atom. The largest absolute Gasteiger partial charge is 0.487 e. The second kappa shape index (κ2) is 13.7. The van der Waals surface area contributed by atoms with Crippen LogP contribution in [-0.2, 0) is 27.6 Å². The topological polar surface area (TPSA) is 103 Å². The smallest absolute Gasteiger partial charge is 0.152 e. The molecule has 0 aliphatic rings. The zero-order valence-corrected chi connectivity index (χ0v) is 25.4. The standard InChI is InChI=1S/C30H27ClF2N4O4S2/c1-2-43(38,39)11-10-40-9-8-29-37-27(17-42-29)22-14-23-26(15-25(22)33)34-18-35-30(23)36-21-6-7-28(24(31)13-21)41-16-19-4-3-5-20(32)12-19/h3-7,12-15,17-18H,2,8-11,16H2,1H3,(H,34,35,36). The van der Waals surface area contributed by atoms with Crippen molar-refractivity contribution in [3.8, 4) is 17.0 Å². The van der Waals surface area contributed by atoms with Crippen LogP contribution in [0.4, 0.5) is 20.3 Å². The van der Waals surface area contributed by atoms with Gasteiger partial charge < -0.3 is 14.8 Å². The van der Waals surface area contributed by atoms with E-state index in [1.807, 2.05) is 0 Å². The van der Waals surface area contributed by atoms with E-state index >= 15 is 4.39 Å². The Bertz CT molecular complexity index is 1850. The summed E-state index contributed by atoms with van der Waals surface area (Å²) in [5.74, 6) is 0.128. The van der Waals surface area contributed by atoms with Gasteiger partial charge in [-0.15, -0.1) is 11.3 Å². The van der Waals surface area contributed by atoms with Gasteiger partial charge in [0.25, 0.3) is 0 Å². The van der Waals surface area contributed by atoms with E-state index in [0.717, 1.165) is 5.01 Å². The van der Waals surface area contributed by atoms with Crippen molar-refractivity contribution in [1.29, 1.82) is 0 Å². The maximum absolute atomic E-state index is 15.1. The maximum Gasteiger partial charge on any atom is 0.152 e. The summed E-state index contributed by atoms with van der Waals surface area (Å²) in [4.78, 5) is 13.1. The van der Waals surface area contributed by atoms with E-state index in [4.69, 9.17) is 21.1 Å². The molecular formula is C30H27ClF2N4O4S2. The van der Waals surface area contributed by atoms with Gasteiger partial charge >= 0.3 is 0 Å². The second-order valence-electron chi connectivity index (χ2n) is 9.49. The first-order valence-corrected chi connectivity index (χ1v) is 16.4. The Hall–Kier alpha value is -3.71. The van der Waals surface area contributed by atoms with Crippen molar-refractivity contribution >= 4 is 55.2 Å². The molecule has 224 valence electrons. The molecule has 3 aromatic carbocycles. The zero-order valence-electron chi connectivity index (χ0n) is 23.0. The molecule has 0 radical (unpaired) electrons. The Balaban J connectivity index is 1.28. The molecule has 5 aromatic rings. The molecule has 2 aromatic heterocycles. The van der Waals surface area contributed by atoms with Crippen LogP contribution < -0.4 is 10.1 Å². The summed E-state index contributed by atoms with van der Waals surface area (Å²) in [5, 5.41) is 6.64. The van der Waals surface area contributed by atoms with Crippen molar-refractivity contribution < 1.29 is 26.7 Å². The molecule has 0 amide bonds. The van der Waals surface area contributed by atoms with Gasteiger partial charge in [-0.25, -0.2) is 32.2 Å². The van der Waals surface area contributed by atoms with Crippen LogP contribution in [0, 0.1) is 11.6 Å². The average Bonchev–Trinajstić information content (AvgIpc) is 3.45. The van der Waals surface area contributed by atoms with Gasteiger partial charge in [0.05, 0.1) is 40.2 Å². The summed E-state index contributed by atoms with van der Waals surface area (Å²) in [7, 11) is -3.08. The van der Waals surface area contributed by atoms with Crippen molar-refractivity contribution in [3.63, 3.8) is 0 Å². The van der Waals surface area contributed by atoms with E-state index in [2.05, 4.69) is 20.3 Å². The lowest BCUT2D eigenvalue weighted by molar-refractivity contribution is 0.152. The molecular weight excluding hydrogens is 618 g/mol. The van der Waals surface area contributed by atoms with Gasteiger partial charge in [-0.1, -0.05) is 30.7 Å². The normalized spacial score (nSPS) is 11.6. The number of sulfone groups is 1. The zero-order chi connectivity index (χ0) is 30.4. The molecule has 2 heterocycles. The first kappa shape index (κ1) is 30.7. The highest BCUT2D eigenvalue weighted by Crippen LogP contribution is 2.34. The Morgan fingerprint density at radius 1 is 1.05 bits per heavy atom. The molecule has 43 heavy (non-hydrogen) atoms. The average molecular weight is 645 g/mol. The van der Waals surface area contributed by atoms with Crippen LogP contribution in [0.1, 0.15) is 17.5 Å². The van der Waals surface area contributed by atoms with E-state index < -0.39 is 15.7 Å². The van der Waals surface area contributed by atoms with Crippen LogP contribution >= 0.6 is 22.9 Å². The van der Waals surface area contributed by atoms with Crippen molar-refractivity contribution in [1.82, 2.24) is 15.0 Å². The van der Waals surface area contributed by atoms with Gasteiger partial charge in [0, 0.05) is 40.3 Å². The fourth-order valence-electron chi connectivity index (χ4n) is 4.13. The number of ether oxygens (including phenoxy) is 2. The van der Waals surface area contributed by atoms with Crippen molar-refractivity contribution in [2.45, 2.75) is 20.0 Å². The van der Waals surface area contributed by atoms with E-state index in [0.29, 0.717) is 63.0 Å². The Morgan fingerprint density at radius 3 is 2.70 bits per heavy atom. The molecule has 0 saturated heterocycles. The number of benzene rings is 3. The third-order valence-electron chi connectivity index (χ3n) is 6.47. The number of nitrogens with zero attached hydrogens (tertiary/aromatic N) is 3. The van der Waals surface area contributed by atoms with Crippen LogP contribution in [-0.4, -0.2) is 48.1 Å². The van der Waals surface area contributed by atoms with Crippen molar-refractivity contribution in [2.75, 3.05) is 30.0 Å². The number of thiazole rings is 1. The number of rotatable bonds is 13. The molecule has 0 aliphatic carbocycles. The predicted molar refractivity (Wildman–Crippen MR) is 165 cm³/mol. The number of hydrogen-bond acceptors (Lipinski definition) is 9. The minimum Gasteiger partial charge on any atom is -0.487 e. The number of hydrogen-bond donors (Lipinski definition) is 1. The van der Waals surface area contributed by atoms with E-state index in [-0.39, 0.29) is 30.5 Å². The summed E-state index contributed by atoms with van der Waals surface area (Å²) in [6, 6.07) is 14.3. The minimum atomic E-state index is -3.08. The molecule has 0 aliphatic heterocycles. The van der Waals surface area contributed by atoms with Gasteiger partial charge in [-0.3, -0.25) is 0 Å². The third kappa shape index (κ3) is 8.02. The lowest BCUT2D eigenvalue weighted by Crippen LogP contribution is -2.14. The SMILES string of the molecule is CCS(=O)(=O)CCOCCc1nc(-c2cc3c(Nc4ccc(OCc5cccc(F)c5)c(Cl)c4)ncnc3cc2F)cs1. The molecule has 0 bridgehead atoms. The molecule has 0 unspecified atom stereocenters. The molecule has 13 heteroatoms.